The number of esters is 1. The summed E-state index contributed by atoms with van der Waals surface area (Å²) in [5, 5.41) is 13.5. The topological polar surface area (TPSA) is 157 Å². The summed E-state index contributed by atoms with van der Waals surface area (Å²) in [6.45, 7) is 2.68. The molecule has 0 bridgehead atoms. The average molecular weight is 1550 g/mol. The Hall–Kier alpha value is -13.9. The molecule has 117 heavy (non-hydrogen) atoms. The summed E-state index contributed by atoms with van der Waals surface area (Å²) in [6, 6.07) is 112. The van der Waals surface area contributed by atoms with E-state index in [0.29, 0.717) is 85.3 Å². The van der Waals surface area contributed by atoms with Gasteiger partial charge in [0.1, 0.15) is 101 Å². The second-order valence-corrected chi connectivity index (χ2v) is 28.8. The van der Waals surface area contributed by atoms with Gasteiger partial charge in [-0.3, -0.25) is 4.79 Å². The van der Waals surface area contributed by atoms with Crippen LogP contribution in [0.15, 0.2) is 346 Å². The molecule has 0 aromatic heterocycles. The quantitative estimate of drug-likeness (QED) is 0.0380. The number of carbonyl (C=O) groups excluding carboxylic acids is 1. The van der Waals surface area contributed by atoms with Crippen LogP contribution in [-0.4, -0.2) is 23.3 Å². The number of hydrogen-bond acceptors (Lipinski definition) is 15. The van der Waals surface area contributed by atoms with Crippen molar-refractivity contribution >= 4 is 5.97 Å². The van der Waals surface area contributed by atoms with E-state index in [-0.39, 0.29) is 84.0 Å². The summed E-state index contributed by atoms with van der Waals surface area (Å²) in [5.41, 5.74) is 11.2. The first kappa shape index (κ1) is 77.1. The Morgan fingerprint density at radius 2 is 0.590 bits per heavy atom. The van der Waals surface area contributed by atoms with E-state index in [1.807, 2.05) is 346 Å². The van der Waals surface area contributed by atoms with Gasteiger partial charge in [-0.2, -0.15) is 0 Å². The maximum absolute atomic E-state index is 15.0. The number of aliphatic hydroxyl groups excluding tert-OH is 1. The van der Waals surface area contributed by atoms with E-state index in [1.165, 1.54) is 6.92 Å². The maximum Gasteiger partial charge on any atom is 0.303 e. The van der Waals surface area contributed by atoms with Crippen LogP contribution in [0.25, 0.3) is 0 Å². The standard InChI is InChI=1S/C102H88O15/c1-70(103)115-102-96(94-87(107-62-73-36-16-4-17-37-73)56-83(105-60-71-32-12-2-13-33-71)57-89(94)116-98(102)82-54-92(111-66-77-44-24-8-25-45-77)101(114-69-80-50-30-11-31-51-80)93(55-82)112-67-78-46-26-9-27-47-78)95-88(108-63-74-38-18-5-19-39-74)59-86(106-61-72-34-14-3-15-35-72)84-58-85(104)97(117-99(84)95)81-52-90(109-64-75-40-20-6-21-41-75)100(113-68-79-48-28-10-29-49-79)91(53-81)110-65-76-42-22-7-23-43-76/h2-57,59,85,96-98,102,104H,58,60-69H2,1H3/t85-,96+,97-,98-,102+/m1/s1. The smallest absolute Gasteiger partial charge is 0.303 e. The number of fused-ring (bicyclic) bond motifs is 2. The van der Waals surface area contributed by atoms with Crippen LogP contribution in [0.4, 0.5) is 0 Å². The minimum absolute atomic E-state index is 0.0429. The fraction of sp³-hybridized carbons (Fsp3) is 0.167. The van der Waals surface area contributed by atoms with Crippen molar-refractivity contribution in [1.29, 1.82) is 0 Å². The van der Waals surface area contributed by atoms with Gasteiger partial charge in [-0.1, -0.05) is 303 Å². The Morgan fingerprint density at radius 1 is 0.308 bits per heavy atom. The fourth-order valence-corrected chi connectivity index (χ4v) is 14.6. The molecule has 1 N–H and O–H groups in total. The van der Waals surface area contributed by atoms with Crippen LogP contribution in [0.3, 0.4) is 0 Å². The van der Waals surface area contributed by atoms with Gasteiger partial charge in [-0.05, 0) is 79.9 Å². The normalized spacial score (nSPS) is 15.1. The van der Waals surface area contributed by atoms with Crippen LogP contribution in [0, 0.1) is 0 Å². The lowest BCUT2D eigenvalue weighted by molar-refractivity contribution is -0.154. The molecule has 2 heterocycles. The summed E-state index contributed by atoms with van der Waals surface area (Å²) in [4.78, 5) is 15.0. The highest BCUT2D eigenvalue weighted by Crippen LogP contribution is 2.60. The molecule has 5 atom stereocenters. The Balaban J connectivity index is 0.943. The van der Waals surface area contributed by atoms with Crippen molar-refractivity contribution in [2.24, 2.45) is 0 Å². The van der Waals surface area contributed by atoms with Gasteiger partial charge in [0, 0.05) is 59.4 Å². The van der Waals surface area contributed by atoms with Crippen molar-refractivity contribution in [2.75, 3.05) is 0 Å². The number of aliphatic hydroxyl groups is 1. The third-order valence-corrected chi connectivity index (χ3v) is 20.3. The van der Waals surface area contributed by atoms with Crippen molar-refractivity contribution in [3.8, 4) is 69.0 Å². The highest BCUT2D eigenvalue weighted by molar-refractivity contribution is 5.71. The summed E-state index contributed by atoms with van der Waals surface area (Å²) in [6.07, 6.45) is -5.15. The largest absolute Gasteiger partial charge is 0.489 e. The molecule has 2 aliphatic rings. The molecule has 14 aromatic rings. The SMILES string of the molecule is CC(=O)O[C@H]1[C@H](c2c(OCc3ccccc3)cc(OCc3ccccc3)c3c2O[C@H](c2cc(OCc4ccccc4)c(OCc4ccccc4)c(OCc4ccccc4)c2)[C@H](O)C3)c2c(OCc3ccccc3)cc(OCc3ccccc3)cc2O[C@@H]1c1cc(OCc2ccccc2)c(OCc2ccccc2)c(OCc2ccccc2)c1. The zero-order valence-corrected chi connectivity index (χ0v) is 64.7. The first-order chi connectivity index (χ1) is 57.7. The van der Waals surface area contributed by atoms with Crippen molar-refractivity contribution in [3.05, 3.63) is 429 Å². The molecule has 14 aromatic carbocycles. The number of carbonyl (C=O) groups is 1. The van der Waals surface area contributed by atoms with Gasteiger partial charge in [-0.25, -0.2) is 0 Å². The molecule has 15 nitrogen and oxygen atoms in total. The maximum atomic E-state index is 15.0. The highest BCUT2D eigenvalue weighted by atomic mass is 16.6. The van der Waals surface area contributed by atoms with Gasteiger partial charge < -0.3 is 66.7 Å². The van der Waals surface area contributed by atoms with Crippen LogP contribution in [0.1, 0.15) is 109 Å². The monoisotopic (exact) mass is 1550 g/mol. The lowest BCUT2D eigenvalue weighted by atomic mass is 9.77. The van der Waals surface area contributed by atoms with Crippen LogP contribution in [-0.2, 0) is 82.0 Å². The number of rotatable bonds is 34. The molecule has 2 aliphatic heterocycles. The molecule has 15 heteroatoms. The fourth-order valence-electron chi connectivity index (χ4n) is 14.6. The molecule has 0 amide bonds. The van der Waals surface area contributed by atoms with E-state index in [4.69, 9.17) is 61.6 Å². The lowest BCUT2D eigenvalue weighted by Gasteiger charge is -2.42. The van der Waals surface area contributed by atoms with Crippen molar-refractivity contribution in [3.63, 3.8) is 0 Å². The van der Waals surface area contributed by atoms with Crippen LogP contribution >= 0.6 is 0 Å². The van der Waals surface area contributed by atoms with Crippen molar-refractivity contribution in [1.82, 2.24) is 0 Å². The number of hydrogen-bond donors (Lipinski definition) is 1. The summed E-state index contributed by atoms with van der Waals surface area (Å²) in [7, 11) is 0. The van der Waals surface area contributed by atoms with E-state index >= 15 is 0 Å². The van der Waals surface area contributed by atoms with E-state index in [2.05, 4.69) is 0 Å². The predicted molar refractivity (Wildman–Crippen MR) is 447 cm³/mol. The van der Waals surface area contributed by atoms with Crippen molar-refractivity contribution in [2.45, 2.75) is 110 Å². The Morgan fingerprint density at radius 3 is 0.915 bits per heavy atom. The summed E-state index contributed by atoms with van der Waals surface area (Å²) < 4.78 is 93.2. The summed E-state index contributed by atoms with van der Waals surface area (Å²) >= 11 is 0. The van der Waals surface area contributed by atoms with Crippen LogP contribution < -0.4 is 56.8 Å². The molecule has 16 rings (SSSR count). The average Bonchev–Trinajstić information content (AvgIpc) is 0.717. The van der Waals surface area contributed by atoms with Gasteiger partial charge in [0.25, 0.3) is 0 Å². The summed E-state index contributed by atoms with van der Waals surface area (Å²) in [5.74, 6) is 2.10. The molecule has 0 saturated heterocycles. The molecular formula is C102H88O15. The second kappa shape index (κ2) is 37.8. The Labute approximate surface area is 681 Å². The molecule has 0 unspecified atom stereocenters. The number of benzene rings is 14. The predicted octanol–water partition coefficient (Wildman–Crippen LogP) is 21.7. The van der Waals surface area contributed by atoms with E-state index in [0.717, 1.165) is 55.6 Å². The Bertz CT molecular complexity index is 5410. The van der Waals surface area contributed by atoms with Gasteiger partial charge >= 0.3 is 5.97 Å². The van der Waals surface area contributed by atoms with E-state index in [9.17, 15) is 9.90 Å². The molecule has 0 radical (unpaired) electrons. The van der Waals surface area contributed by atoms with Crippen LogP contribution in [0.2, 0.25) is 0 Å². The second-order valence-electron chi connectivity index (χ2n) is 28.8. The van der Waals surface area contributed by atoms with Crippen molar-refractivity contribution < 1.29 is 71.5 Å². The Kier molecular flexibility index (Phi) is 24.9. The zero-order valence-electron chi connectivity index (χ0n) is 64.7. The van der Waals surface area contributed by atoms with Gasteiger partial charge in [0.15, 0.2) is 41.3 Å². The van der Waals surface area contributed by atoms with Crippen LogP contribution in [0.5, 0.6) is 69.0 Å². The number of ether oxygens (including phenoxy) is 13. The van der Waals surface area contributed by atoms with Gasteiger partial charge in [-0.15, -0.1) is 0 Å². The highest BCUT2D eigenvalue weighted by Gasteiger charge is 2.50. The molecule has 0 saturated carbocycles. The minimum Gasteiger partial charge on any atom is -0.489 e. The third-order valence-electron chi connectivity index (χ3n) is 20.3. The molecule has 0 spiro atoms. The first-order valence-corrected chi connectivity index (χ1v) is 39.3. The van der Waals surface area contributed by atoms with Gasteiger partial charge in [0.2, 0.25) is 11.5 Å². The van der Waals surface area contributed by atoms with E-state index in [1.54, 1.807) is 0 Å². The van der Waals surface area contributed by atoms with Gasteiger partial charge in [0.05, 0.1) is 12.0 Å². The minimum atomic E-state index is -1.37. The molecule has 0 fully saturated rings. The van der Waals surface area contributed by atoms with E-state index < -0.39 is 36.3 Å². The molecular weight excluding hydrogens is 1470 g/mol. The third kappa shape index (κ3) is 19.7. The zero-order chi connectivity index (χ0) is 79.3. The molecule has 0 aliphatic carbocycles. The first-order valence-electron chi connectivity index (χ1n) is 39.3. The lowest BCUT2D eigenvalue weighted by Crippen LogP contribution is -2.40. The molecule has 586 valence electrons.